The fourth-order valence-electron chi connectivity index (χ4n) is 3.52. The molecule has 0 radical (unpaired) electrons. The minimum Gasteiger partial charge on any atom is -0.480 e. The molecular weight excluding hydrogens is 308 g/mol. The van der Waals surface area contributed by atoms with E-state index >= 15 is 0 Å². The van der Waals surface area contributed by atoms with Gasteiger partial charge in [-0.05, 0) is 0 Å². The van der Waals surface area contributed by atoms with E-state index in [9.17, 15) is 4.79 Å². The maximum atomic E-state index is 11.1. The van der Waals surface area contributed by atoms with Crippen molar-refractivity contribution in [3.63, 3.8) is 0 Å². The topological polar surface area (TPSA) is 78.8 Å². The lowest BCUT2D eigenvalue weighted by Crippen LogP contribution is -2.44. The number of hydrogen-bond donors (Lipinski definition) is 1. The first-order valence-corrected chi connectivity index (χ1v) is 8.58. The third kappa shape index (κ3) is 4.28. The number of hydrogen-bond acceptors (Lipinski definition) is 6. The Balaban J connectivity index is 1.69. The number of ether oxygens (including phenoxy) is 1. The van der Waals surface area contributed by atoms with E-state index in [1.807, 2.05) is 17.3 Å². The van der Waals surface area contributed by atoms with E-state index in [2.05, 4.69) is 28.7 Å². The molecule has 3 heterocycles. The molecule has 7 nitrogen and oxygen atoms in total. The smallest absolute Gasteiger partial charge is 0.317 e. The van der Waals surface area contributed by atoms with Crippen molar-refractivity contribution in [1.82, 2.24) is 19.8 Å². The quantitative estimate of drug-likeness (QED) is 0.854. The van der Waals surface area contributed by atoms with Crippen LogP contribution in [0.3, 0.4) is 0 Å². The molecule has 24 heavy (non-hydrogen) atoms. The van der Waals surface area contributed by atoms with Gasteiger partial charge >= 0.3 is 5.97 Å². The molecule has 0 aliphatic carbocycles. The first-order valence-electron chi connectivity index (χ1n) is 8.58. The van der Waals surface area contributed by atoms with Gasteiger partial charge in [-0.3, -0.25) is 14.6 Å². The number of fused-ring (bicyclic) bond motifs is 3. The highest BCUT2D eigenvalue weighted by Gasteiger charge is 2.33. The first-order chi connectivity index (χ1) is 11.5. The summed E-state index contributed by atoms with van der Waals surface area (Å²) in [4.78, 5) is 24.4. The van der Waals surface area contributed by atoms with E-state index in [4.69, 9.17) is 9.84 Å². The highest BCUT2D eigenvalue weighted by atomic mass is 16.5. The summed E-state index contributed by atoms with van der Waals surface area (Å²) in [6.07, 6.45) is 3.82. The van der Waals surface area contributed by atoms with Gasteiger partial charge < -0.3 is 9.84 Å². The summed E-state index contributed by atoms with van der Waals surface area (Å²) in [5, 5.41) is 9.09. The Bertz CT molecular complexity index is 563. The number of carboxylic acids is 1. The van der Waals surface area contributed by atoms with Gasteiger partial charge in [-0.25, -0.2) is 9.97 Å². The molecular formula is C17H26N4O3. The maximum absolute atomic E-state index is 11.1. The Morgan fingerprint density at radius 1 is 1.29 bits per heavy atom. The zero-order valence-electron chi connectivity index (χ0n) is 14.4. The second kappa shape index (κ2) is 7.55. The molecule has 1 aromatic rings. The van der Waals surface area contributed by atoms with Gasteiger partial charge in [0, 0.05) is 62.0 Å². The molecule has 1 aromatic heterocycles. The molecule has 0 spiro atoms. The van der Waals surface area contributed by atoms with Crippen molar-refractivity contribution >= 4 is 5.97 Å². The van der Waals surface area contributed by atoms with E-state index in [1.54, 1.807) is 0 Å². The average Bonchev–Trinajstić information content (AvgIpc) is 2.77. The monoisotopic (exact) mass is 334 g/mol. The highest BCUT2D eigenvalue weighted by Crippen LogP contribution is 2.21. The molecule has 2 fully saturated rings. The van der Waals surface area contributed by atoms with Crippen LogP contribution >= 0.6 is 0 Å². The SMILES string of the molecule is CC(C)c1ncc(CN2C[C@H]3COC[C@@H]2CN(CC(=O)O)C3)cn1. The van der Waals surface area contributed by atoms with Gasteiger partial charge in [-0.2, -0.15) is 0 Å². The number of rotatable bonds is 5. The van der Waals surface area contributed by atoms with Crippen molar-refractivity contribution in [2.75, 3.05) is 39.4 Å². The van der Waals surface area contributed by atoms with Crippen LogP contribution < -0.4 is 0 Å². The molecule has 1 N–H and O–H groups in total. The fourth-order valence-corrected chi connectivity index (χ4v) is 3.52. The van der Waals surface area contributed by atoms with Gasteiger partial charge in [-0.1, -0.05) is 13.8 Å². The molecule has 2 saturated heterocycles. The number of carboxylic acid groups (broad SMARTS) is 1. The predicted octanol–water partition coefficient (Wildman–Crippen LogP) is 0.817. The van der Waals surface area contributed by atoms with Crippen LogP contribution in [0.5, 0.6) is 0 Å². The van der Waals surface area contributed by atoms with E-state index in [-0.39, 0.29) is 12.6 Å². The molecule has 2 bridgehead atoms. The average molecular weight is 334 g/mol. The molecule has 0 saturated carbocycles. The van der Waals surface area contributed by atoms with Crippen molar-refractivity contribution in [3.8, 4) is 0 Å². The largest absolute Gasteiger partial charge is 0.480 e. The molecule has 2 aliphatic heterocycles. The van der Waals surface area contributed by atoms with E-state index in [0.717, 1.165) is 37.6 Å². The highest BCUT2D eigenvalue weighted by molar-refractivity contribution is 5.69. The summed E-state index contributed by atoms with van der Waals surface area (Å²) < 4.78 is 5.79. The zero-order valence-corrected chi connectivity index (χ0v) is 14.4. The van der Waals surface area contributed by atoms with Crippen LogP contribution in [0.4, 0.5) is 0 Å². The van der Waals surface area contributed by atoms with Crippen molar-refractivity contribution in [2.24, 2.45) is 5.92 Å². The minimum atomic E-state index is -0.764. The van der Waals surface area contributed by atoms with E-state index in [0.29, 0.717) is 25.0 Å². The van der Waals surface area contributed by atoms with Gasteiger partial charge in [0.25, 0.3) is 0 Å². The Labute approximate surface area is 142 Å². The van der Waals surface area contributed by atoms with Gasteiger partial charge in [-0.15, -0.1) is 0 Å². The van der Waals surface area contributed by atoms with Gasteiger partial charge in [0.05, 0.1) is 19.8 Å². The van der Waals surface area contributed by atoms with Crippen LogP contribution in [-0.4, -0.2) is 76.3 Å². The van der Waals surface area contributed by atoms with Gasteiger partial charge in [0.2, 0.25) is 0 Å². The standard InChI is InChI=1S/C17H26N4O3/c1-12(2)17-18-3-13(4-19-17)6-21-7-14-5-20(9-16(22)23)8-15(21)11-24-10-14/h3-4,12,14-15H,5-11H2,1-2H3,(H,22,23)/t14-,15-/m0/s1. The van der Waals surface area contributed by atoms with Crippen molar-refractivity contribution in [3.05, 3.63) is 23.8 Å². The second-order valence-corrected chi connectivity index (χ2v) is 7.18. The maximum Gasteiger partial charge on any atom is 0.317 e. The van der Waals surface area contributed by atoms with Crippen LogP contribution in [0, 0.1) is 5.92 Å². The lowest BCUT2D eigenvalue weighted by atomic mass is 10.1. The summed E-state index contributed by atoms with van der Waals surface area (Å²) in [6.45, 7) is 8.84. The molecule has 0 aromatic carbocycles. The van der Waals surface area contributed by atoms with Crippen molar-refractivity contribution in [1.29, 1.82) is 0 Å². The number of carbonyl (C=O) groups is 1. The molecule has 0 amide bonds. The Morgan fingerprint density at radius 3 is 2.71 bits per heavy atom. The number of aromatic nitrogens is 2. The summed E-state index contributed by atoms with van der Waals surface area (Å²) in [7, 11) is 0. The van der Waals surface area contributed by atoms with E-state index < -0.39 is 5.97 Å². The Hall–Kier alpha value is -1.57. The van der Waals surface area contributed by atoms with Crippen LogP contribution in [-0.2, 0) is 16.1 Å². The number of nitrogens with zero attached hydrogens (tertiary/aromatic N) is 4. The van der Waals surface area contributed by atoms with E-state index in [1.165, 1.54) is 0 Å². The Morgan fingerprint density at radius 2 is 2.04 bits per heavy atom. The lowest BCUT2D eigenvalue weighted by molar-refractivity contribution is -0.138. The molecule has 2 atom stereocenters. The third-order valence-electron chi connectivity index (χ3n) is 4.64. The molecule has 7 heteroatoms. The molecule has 132 valence electrons. The minimum absolute atomic E-state index is 0.104. The Kier molecular flexibility index (Phi) is 5.43. The van der Waals surface area contributed by atoms with Crippen molar-refractivity contribution in [2.45, 2.75) is 32.4 Å². The van der Waals surface area contributed by atoms with Gasteiger partial charge in [0.15, 0.2) is 0 Å². The summed E-state index contributed by atoms with van der Waals surface area (Å²) in [5.41, 5.74) is 1.09. The van der Waals surface area contributed by atoms with Crippen LogP contribution in [0.15, 0.2) is 12.4 Å². The van der Waals surface area contributed by atoms with Crippen LogP contribution in [0.2, 0.25) is 0 Å². The lowest BCUT2D eigenvalue weighted by Gasteiger charge is -2.30. The summed E-state index contributed by atoms with van der Waals surface area (Å²) in [5.74, 6) is 0.770. The van der Waals surface area contributed by atoms with Crippen molar-refractivity contribution < 1.29 is 14.6 Å². The third-order valence-corrected chi connectivity index (χ3v) is 4.64. The number of aliphatic carboxylic acids is 1. The normalized spacial score (nSPS) is 25.6. The first kappa shape index (κ1) is 17.3. The van der Waals surface area contributed by atoms with Gasteiger partial charge in [0.1, 0.15) is 5.82 Å². The summed E-state index contributed by atoms with van der Waals surface area (Å²) in [6, 6.07) is 0.210. The zero-order chi connectivity index (χ0) is 17.1. The molecule has 0 unspecified atom stereocenters. The van der Waals surface area contributed by atoms with Crippen LogP contribution in [0.1, 0.15) is 31.2 Å². The summed E-state index contributed by atoms with van der Waals surface area (Å²) >= 11 is 0. The van der Waals surface area contributed by atoms with Crippen LogP contribution in [0.25, 0.3) is 0 Å². The molecule has 2 aliphatic rings. The second-order valence-electron chi connectivity index (χ2n) is 7.18. The predicted molar refractivity (Wildman–Crippen MR) is 88.7 cm³/mol. The molecule has 3 rings (SSSR count). The fraction of sp³-hybridized carbons (Fsp3) is 0.706.